The van der Waals surface area contributed by atoms with Crippen molar-refractivity contribution in [2.75, 3.05) is 13.2 Å². The minimum absolute atomic E-state index is 0.157. The third-order valence-corrected chi connectivity index (χ3v) is 0.583. The zero-order valence-corrected chi connectivity index (χ0v) is 4.80. The average Bonchev–Trinajstić information content (AvgIpc) is 1.80. The van der Waals surface area contributed by atoms with E-state index in [-0.39, 0.29) is 6.54 Å². The molecule has 0 radical (unpaired) electrons. The van der Waals surface area contributed by atoms with Crippen molar-refractivity contribution in [3.8, 4) is 0 Å². The predicted octanol–water partition coefficient (Wildman–Crippen LogP) is 0.144. The highest BCUT2D eigenvalue weighted by Crippen LogP contribution is 1.68. The third kappa shape index (κ3) is 6.94. The molecule has 9 heavy (non-hydrogen) atoms. The molecule has 0 fully saturated rings. The summed E-state index contributed by atoms with van der Waals surface area (Å²) < 4.78 is 11.3. The highest BCUT2D eigenvalue weighted by molar-refractivity contribution is 5.79. The summed E-state index contributed by atoms with van der Waals surface area (Å²) in [6.45, 7) is -0.340. The van der Waals surface area contributed by atoms with E-state index in [0.717, 1.165) is 6.08 Å². The number of carboxylic acid groups (broad SMARTS) is 1. The van der Waals surface area contributed by atoms with Gasteiger partial charge in [0.05, 0.1) is 0 Å². The van der Waals surface area contributed by atoms with Gasteiger partial charge in [-0.15, -0.1) is 0 Å². The van der Waals surface area contributed by atoms with Crippen LogP contribution in [0.5, 0.6) is 0 Å². The second-order valence-electron chi connectivity index (χ2n) is 1.31. The van der Waals surface area contributed by atoms with Crippen LogP contribution < -0.4 is 5.32 Å². The Morgan fingerprint density at radius 3 is 2.89 bits per heavy atom. The van der Waals surface area contributed by atoms with E-state index in [0.29, 0.717) is 0 Å². The van der Waals surface area contributed by atoms with E-state index >= 15 is 0 Å². The fraction of sp³-hybridized carbons (Fsp3) is 0.400. The molecular formula is C5H8FNO2. The van der Waals surface area contributed by atoms with E-state index in [2.05, 4.69) is 5.32 Å². The van der Waals surface area contributed by atoms with Gasteiger partial charge in [0, 0.05) is 18.8 Å². The minimum Gasteiger partial charge on any atom is -0.478 e. The van der Waals surface area contributed by atoms with Gasteiger partial charge < -0.3 is 10.4 Å². The summed E-state index contributed by atoms with van der Waals surface area (Å²) in [6, 6.07) is 0. The van der Waals surface area contributed by atoms with Crippen molar-refractivity contribution in [3.05, 3.63) is 12.3 Å². The summed E-state index contributed by atoms with van der Waals surface area (Å²) in [5.74, 6) is -1.04. The lowest BCUT2D eigenvalue weighted by Crippen LogP contribution is -2.08. The average molecular weight is 133 g/mol. The Morgan fingerprint density at radius 1 is 1.78 bits per heavy atom. The Labute approximate surface area is 52.2 Å². The van der Waals surface area contributed by atoms with E-state index in [1.807, 2.05) is 0 Å². The highest BCUT2D eigenvalue weighted by atomic mass is 19.1. The van der Waals surface area contributed by atoms with Crippen LogP contribution in [0, 0.1) is 0 Å². The summed E-state index contributed by atoms with van der Waals surface area (Å²) in [5, 5.41) is 10.4. The van der Waals surface area contributed by atoms with Crippen LogP contribution >= 0.6 is 0 Å². The number of rotatable bonds is 4. The number of carbonyl (C=O) groups is 1. The van der Waals surface area contributed by atoms with Crippen LogP contribution in [0.2, 0.25) is 0 Å². The molecule has 0 aliphatic rings. The first-order valence-electron chi connectivity index (χ1n) is 2.46. The molecule has 0 aliphatic carbocycles. The summed E-state index contributed by atoms with van der Waals surface area (Å²) in [5.41, 5.74) is 0. The fourth-order valence-electron chi connectivity index (χ4n) is 0.268. The lowest BCUT2D eigenvalue weighted by molar-refractivity contribution is -0.131. The van der Waals surface area contributed by atoms with Crippen molar-refractivity contribution in [1.82, 2.24) is 5.32 Å². The number of nitrogens with one attached hydrogen (secondary N) is 1. The van der Waals surface area contributed by atoms with Crippen LogP contribution in [0.4, 0.5) is 4.39 Å². The van der Waals surface area contributed by atoms with Gasteiger partial charge in [-0.25, -0.2) is 9.18 Å². The van der Waals surface area contributed by atoms with Gasteiger partial charge >= 0.3 is 5.97 Å². The Bertz CT molecular complexity index is 114. The number of hydrogen-bond acceptors (Lipinski definition) is 2. The second-order valence-corrected chi connectivity index (χ2v) is 1.31. The molecule has 2 N–H and O–H groups in total. The normalized spacial score (nSPS) is 9.89. The zero-order chi connectivity index (χ0) is 7.11. The second kappa shape index (κ2) is 5.08. The molecule has 0 amide bonds. The lowest BCUT2D eigenvalue weighted by atomic mass is 10.6. The van der Waals surface area contributed by atoms with Crippen LogP contribution in [0.15, 0.2) is 12.3 Å². The smallest absolute Gasteiger partial charge is 0.329 e. The Morgan fingerprint density at radius 2 is 2.44 bits per heavy atom. The van der Waals surface area contributed by atoms with Crippen molar-refractivity contribution >= 4 is 5.97 Å². The van der Waals surface area contributed by atoms with Crippen molar-refractivity contribution in [3.63, 3.8) is 0 Å². The molecule has 0 rings (SSSR count). The summed E-state index contributed by atoms with van der Waals surface area (Å²) in [4.78, 5) is 9.74. The first-order valence-corrected chi connectivity index (χ1v) is 2.46. The highest BCUT2D eigenvalue weighted by Gasteiger charge is 1.82. The molecule has 0 saturated carbocycles. The monoisotopic (exact) mass is 133 g/mol. The summed E-state index contributed by atoms with van der Waals surface area (Å²) in [6.07, 6.45) is 2.11. The Balaban J connectivity index is 3.15. The van der Waals surface area contributed by atoms with Gasteiger partial charge in [-0.2, -0.15) is 0 Å². The first-order chi connectivity index (χ1) is 4.27. The predicted molar refractivity (Wildman–Crippen MR) is 30.8 cm³/mol. The van der Waals surface area contributed by atoms with Crippen molar-refractivity contribution < 1.29 is 14.3 Å². The zero-order valence-electron chi connectivity index (χ0n) is 4.80. The van der Waals surface area contributed by atoms with Crippen molar-refractivity contribution in [2.45, 2.75) is 0 Å². The molecule has 0 aliphatic heterocycles. The topological polar surface area (TPSA) is 49.3 Å². The number of halogens is 1. The van der Waals surface area contributed by atoms with Crippen molar-refractivity contribution in [1.29, 1.82) is 0 Å². The third-order valence-electron chi connectivity index (χ3n) is 0.583. The largest absolute Gasteiger partial charge is 0.478 e. The number of aliphatic carboxylic acids is 1. The maximum absolute atomic E-state index is 11.3. The maximum Gasteiger partial charge on any atom is 0.329 e. The van der Waals surface area contributed by atoms with Gasteiger partial charge in [0.1, 0.15) is 6.67 Å². The summed E-state index contributed by atoms with van der Waals surface area (Å²) in [7, 11) is 0. The van der Waals surface area contributed by atoms with E-state index in [9.17, 15) is 9.18 Å². The van der Waals surface area contributed by atoms with Crippen molar-refractivity contribution in [2.24, 2.45) is 0 Å². The lowest BCUT2D eigenvalue weighted by Gasteiger charge is -1.90. The molecule has 0 spiro atoms. The van der Waals surface area contributed by atoms with Gasteiger partial charge in [0.25, 0.3) is 0 Å². The molecule has 3 nitrogen and oxygen atoms in total. The van der Waals surface area contributed by atoms with Gasteiger partial charge in [0.2, 0.25) is 0 Å². The maximum atomic E-state index is 11.3. The molecule has 0 unspecified atom stereocenters. The van der Waals surface area contributed by atoms with Gasteiger partial charge in [-0.1, -0.05) is 0 Å². The van der Waals surface area contributed by atoms with Crippen LogP contribution in [-0.2, 0) is 4.79 Å². The molecule has 0 aromatic carbocycles. The number of alkyl halides is 1. The van der Waals surface area contributed by atoms with Gasteiger partial charge in [0.15, 0.2) is 0 Å². The molecule has 0 heterocycles. The molecular weight excluding hydrogens is 125 g/mol. The number of hydrogen-bond donors (Lipinski definition) is 2. The molecule has 0 aromatic rings. The molecule has 52 valence electrons. The Kier molecular flexibility index (Phi) is 4.49. The van der Waals surface area contributed by atoms with Crippen LogP contribution in [-0.4, -0.2) is 24.3 Å². The van der Waals surface area contributed by atoms with E-state index < -0.39 is 12.6 Å². The van der Waals surface area contributed by atoms with Crippen LogP contribution in [0.1, 0.15) is 0 Å². The van der Waals surface area contributed by atoms with Crippen LogP contribution in [0.3, 0.4) is 0 Å². The van der Waals surface area contributed by atoms with Gasteiger partial charge in [-0.3, -0.25) is 0 Å². The van der Waals surface area contributed by atoms with Gasteiger partial charge in [-0.05, 0) is 0 Å². The molecule has 0 aromatic heterocycles. The number of carboxylic acids is 1. The molecule has 0 bridgehead atoms. The quantitative estimate of drug-likeness (QED) is 0.423. The van der Waals surface area contributed by atoms with E-state index in [4.69, 9.17) is 5.11 Å². The van der Waals surface area contributed by atoms with E-state index in [1.54, 1.807) is 0 Å². The fourth-order valence-corrected chi connectivity index (χ4v) is 0.268. The van der Waals surface area contributed by atoms with E-state index in [1.165, 1.54) is 6.20 Å². The van der Waals surface area contributed by atoms with Crippen LogP contribution in [0.25, 0.3) is 0 Å². The standard InChI is InChI=1S/C5H8FNO2/c6-2-4-7-3-1-5(8)9/h1,3,7H,2,4H2,(H,8,9)/b3-1+. The Hall–Kier alpha value is -1.06. The SMILES string of the molecule is O=C(O)/C=C/NCCF. The summed E-state index contributed by atoms with van der Waals surface area (Å²) >= 11 is 0. The molecule has 0 saturated heterocycles. The molecule has 4 heteroatoms. The minimum atomic E-state index is -1.04. The first kappa shape index (κ1) is 7.94. The molecule has 0 atom stereocenters.